The summed E-state index contributed by atoms with van der Waals surface area (Å²) in [5.74, 6) is -0.246. The van der Waals surface area contributed by atoms with Gasteiger partial charge in [-0.1, -0.05) is 211 Å². The Morgan fingerprint density at radius 3 is 1.61 bits per heavy atom. The van der Waals surface area contributed by atoms with E-state index in [4.69, 9.17) is 18.5 Å². The molecule has 1 aliphatic heterocycles. The number of phosphoric acid groups is 1. The lowest BCUT2D eigenvalue weighted by Crippen LogP contribution is -2.60. The number of nitrogens with one attached hydrogen (secondary N) is 1. The Morgan fingerprint density at radius 2 is 1.10 bits per heavy atom. The van der Waals surface area contributed by atoms with Crippen molar-refractivity contribution in [3.8, 4) is 0 Å². The highest BCUT2D eigenvalue weighted by Crippen LogP contribution is 2.39. The summed E-state index contributed by atoms with van der Waals surface area (Å²) < 4.78 is 34.3. The van der Waals surface area contributed by atoms with E-state index < -0.39 is 57.3 Å². The van der Waals surface area contributed by atoms with E-state index >= 15 is 0 Å². The molecule has 1 saturated heterocycles. The van der Waals surface area contributed by atoms with E-state index in [-0.39, 0.29) is 25.5 Å². The molecule has 406 valence electrons. The number of unbranched alkanes of at least 4 members (excludes halogenated alkanes) is 27. The third kappa shape index (κ3) is 37.9. The van der Waals surface area contributed by atoms with Gasteiger partial charge in [-0.3, -0.25) is 9.36 Å². The largest absolute Gasteiger partial charge is 0.756 e. The van der Waals surface area contributed by atoms with Crippen molar-refractivity contribution in [2.24, 2.45) is 0 Å². The van der Waals surface area contributed by atoms with Crippen LogP contribution in [-0.4, -0.2) is 121 Å². The maximum Gasteiger partial charge on any atom is 0.268 e. The van der Waals surface area contributed by atoms with Crippen molar-refractivity contribution in [1.82, 2.24) is 5.32 Å². The van der Waals surface area contributed by atoms with Gasteiger partial charge in [0.1, 0.15) is 37.6 Å². The molecule has 1 aliphatic rings. The molecular formula is C55H105N2O11P. The highest BCUT2D eigenvalue weighted by Gasteiger charge is 2.45. The molecule has 5 N–H and O–H groups in total. The van der Waals surface area contributed by atoms with E-state index in [2.05, 4.69) is 43.5 Å². The van der Waals surface area contributed by atoms with Gasteiger partial charge in [-0.15, -0.1) is 0 Å². The maximum atomic E-state index is 13.2. The summed E-state index contributed by atoms with van der Waals surface area (Å²) >= 11 is 0. The zero-order valence-corrected chi connectivity index (χ0v) is 45.4. The topological polar surface area (TPSA) is 187 Å². The summed E-state index contributed by atoms with van der Waals surface area (Å²) in [6.45, 7) is 3.78. The third-order valence-electron chi connectivity index (χ3n) is 12.9. The molecule has 1 heterocycles. The van der Waals surface area contributed by atoms with E-state index in [9.17, 15) is 34.7 Å². The fraction of sp³-hybridized carbons (Fsp3) is 0.873. The molecule has 1 amide bonds. The van der Waals surface area contributed by atoms with E-state index in [1.807, 2.05) is 27.2 Å². The van der Waals surface area contributed by atoms with Crippen LogP contribution < -0.4 is 10.2 Å². The molecule has 0 spiro atoms. The fourth-order valence-corrected chi connectivity index (χ4v) is 9.06. The summed E-state index contributed by atoms with van der Waals surface area (Å²) in [6, 6.07) is -0.929. The predicted molar refractivity (Wildman–Crippen MR) is 279 cm³/mol. The minimum absolute atomic E-state index is 0.122. The smallest absolute Gasteiger partial charge is 0.268 e. The van der Waals surface area contributed by atoms with Crippen molar-refractivity contribution in [2.75, 3.05) is 47.5 Å². The number of phosphoric ester groups is 1. The van der Waals surface area contributed by atoms with Gasteiger partial charge in [0.15, 0.2) is 6.29 Å². The summed E-state index contributed by atoms with van der Waals surface area (Å²) in [6.07, 6.45) is 41.3. The first-order valence-corrected chi connectivity index (χ1v) is 29.3. The highest BCUT2D eigenvalue weighted by molar-refractivity contribution is 7.45. The average Bonchev–Trinajstić information content (AvgIpc) is 3.30. The van der Waals surface area contributed by atoms with Crippen LogP contribution in [0.1, 0.15) is 219 Å². The van der Waals surface area contributed by atoms with Crippen molar-refractivity contribution in [1.29, 1.82) is 0 Å². The zero-order chi connectivity index (χ0) is 50.9. The lowest BCUT2D eigenvalue weighted by molar-refractivity contribution is -0.870. The Hall–Kier alpha value is -1.48. The fourth-order valence-electron chi connectivity index (χ4n) is 8.35. The number of amides is 1. The third-order valence-corrected chi connectivity index (χ3v) is 13.9. The van der Waals surface area contributed by atoms with Gasteiger partial charge in [0.05, 0.1) is 46.5 Å². The molecule has 0 aromatic heterocycles. The minimum Gasteiger partial charge on any atom is -0.756 e. The molecule has 0 aromatic carbocycles. The molecule has 0 radical (unpaired) electrons. The zero-order valence-electron chi connectivity index (χ0n) is 44.5. The summed E-state index contributed by atoms with van der Waals surface area (Å²) in [7, 11) is 0.858. The van der Waals surface area contributed by atoms with Crippen molar-refractivity contribution in [3.63, 3.8) is 0 Å². The Morgan fingerprint density at radius 1 is 0.638 bits per heavy atom. The van der Waals surface area contributed by atoms with Crippen molar-refractivity contribution < 1.29 is 57.7 Å². The number of rotatable bonds is 47. The van der Waals surface area contributed by atoms with Gasteiger partial charge in [0, 0.05) is 6.42 Å². The molecule has 0 bridgehead atoms. The van der Waals surface area contributed by atoms with Gasteiger partial charge in [-0.2, -0.15) is 0 Å². The van der Waals surface area contributed by atoms with Gasteiger partial charge in [0.2, 0.25) is 5.91 Å². The number of nitrogens with zero attached hydrogens (tertiary/aromatic N) is 1. The van der Waals surface area contributed by atoms with Crippen LogP contribution >= 0.6 is 7.82 Å². The minimum atomic E-state index is -4.78. The quantitative estimate of drug-likeness (QED) is 0.0169. The number of carbonyl (C=O) groups is 1. The van der Waals surface area contributed by atoms with Crippen LogP contribution in [0.3, 0.4) is 0 Å². The Kier molecular flexibility index (Phi) is 40.8. The normalized spacial score (nSPS) is 20.9. The molecule has 1 rings (SSSR count). The predicted octanol–water partition coefficient (Wildman–Crippen LogP) is 11.1. The molecule has 0 aromatic rings. The van der Waals surface area contributed by atoms with Gasteiger partial charge in [-0.05, 0) is 38.5 Å². The van der Waals surface area contributed by atoms with E-state index in [1.54, 1.807) is 6.08 Å². The van der Waals surface area contributed by atoms with Crippen molar-refractivity contribution in [2.45, 2.75) is 262 Å². The summed E-state index contributed by atoms with van der Waals surface area (Å²) in [5.41, 5.74) is 0. The monoisotopic (exact) mass is 1000 g/mol. The average molecular weight is 1000 g/mol. The molecule has 14 heteroatoms. The van der Waals surface area contributed by atoms with Crippen molar-refractivity contribution >= 4 is 13.7 Å². The maximum absolute atomic E-state index is 13.2. The van der Waals surface area contributed by atoms with Crippen LogP contribution in [0.25, 0.3) is 0 Å². The molecular weight excluding hydrogens is 896 g/mol. The van der Waals surface area contributed by atoms with Gasteiger partial charge in [0.25, 0.3) is 7.82 Å². The molecule has 0 saturated carbocycles. The lowest BCUT2D eigenvalue weighted by Gasteiger charge is -2.41. The highest BCUT2D eigenvalue weighted by atomic mass is 31.2. The van der Waals surface area contributed by atoms with E-state index in [0.717, 1.165) is 38.5 Å². The van der Waals surface area contributed by atoms with Crippen LogP contribution in [0.5, 0.6) is 0 Å². The number of allylic oxidation sites excluding steroid dienone is 5. The number of aliphatic hydroxyl groups is 4. The molecule has 1 fully saturated rings. The number of aliphatic hydroxyl groups excluding tert-OH is 4. The lowest BCUT2D eigenvalue weighted by atomic mass is 9.99. The summed E-state index contributed by atoms with van der Waals surface area (Å²) in [4.78, 5) is 25.6. The molecule has 69 heavy (non-hydrogen) atoms. The Balaban J connectivity index is 2.60. The second kappa shape index (κ2) is 43.0. The van der Waals surface area contributed by atoms with Gasteiger partial charge >= 0.3 is 0 Å². The van der Waals surface area contributed by atoms with Crippen LogP contribution in [0.15, 0.2) is 36.5 Å². The molecule has 0 aliphatic carbocycles. The number of quaternary nitrogens is 1. The van der Waals surface area contributed by atoms with Gasteiger partial charge < -0.3 is 53.6 Å². The van der Waals surface area contributed by atoms with Crippen molar-refractivity contribution in [3.05, 3.63) is 36.5 Å². The van der Waals surface area contributed by atoms with Crippen LogP contribution in [-0.2, 0) is 27.9 Å². The first-order chi connectivity index (χ1) is 33.2. The molecule has 1 unspecified atom stereocenters. The number of likely N-dealkylation sites (N-methyl/N-ethyl adjacent to an activating group) is 1. The van der Waals surface area contributed by atoms with Crippen LogP contribution in [0.4, 0.5) is 0 Å². The molecule has 13 nitrogen and oxygen atoms in total. The van der Waals surface area contributed by atoms with E-state index in [0.29, 0.717) is 23.9 Å². The SMILES string of the molecule is CCCCCCCCCC/C=C\C/C=C\CC/C=C/[C@H](O)[C@H](CO[C@@H]1O[C@H](COP(=O)([O-])OCC[N+](C)(C)C)[C@H](O)[C@H](O)[C@H]1O)NC(=O)CCCCCCCCCCCCCCCCCCCCC. The van der Waals surface area contributed by atoms with Gasteiger partial charge in [-0.25, -0.2) is 0 Å². The Labute approximate surface area is 421 Å². The first-order valence-electron chi connectivity index (χ1n) is 27.9. The van der Waals surface area contributed by atoms with E-state index in [1.165, 1.54) is 148 Å². The first kappa shape index (κ1) is 65.5. The van der Waals surface area contributed by atoms with Crippen LogP contribution in [0, 0.1) is 0 Å². The second-order valence-electron chi connectivity index (χ2n) is 20.7. The number of hydrogen-bond donors (Lipinski definition) is 5. The Bertz CT molecular complexity index is 1340. The second-order valence-corrected chi connectivity index (χ2v) is 22.1. The molecule has 8 atom stereocenters. The summed E-state index contributed by atoms with van der Waals surface area (Å²) in [5, 5.41) is 46.1. The van der Waals surface area contributed by atoms with Crippen LogP contribution in [0.2, 0.25) is 0 Å². The number of hydrogen-bond acceptors (Lipinski definition) is 11. The number of carbonyl (C=O) groups excluding carboxylic acids is 1. The standard InChI is InChI=1S/C55H105N2O11P/c1-6-8-10-12-14-16-18-20-22-24-25-27-29-31-33-35-37-39-41-43-51(59)56-48(49(58)42-40-38-36-34-32-30-28-26-23-21-19-17-15-13-11-9-7-2)46-65-55-54(62)53(61)52(60)50(68-55)47-67-69(63,64)66-45-44-57(3,4)5/h26,28,32,34,40,42,48-50,52-55,58,60-62H,6-25,27,29-31,33,35-39,41,43-47H2,1-5H3,(H-,56,59,63,64)/b28-26-,34-32-,42-40+/t48-,49-,50+,52-,53-,54+,55+/m0/s1. The number of ether oxygens (including phenoxy) is 2.